The van der Waals surface area contributed by atoms with Gasteiger partial charge in [0.15, 0.2) is 0 Å². The van der Waals surface area contributed by atoms with Crippen LogP contribution in [0.4, 0.5) is 4.79 Å². The van der Waals surface area contributed by atoms with Crippen LogP contribution in [0, 0.1) is 0 Å². The molecule has 3 N–H and O–H groups in total. The van der Waals surface area contributed by atoms with Crippen molar-refractivity contribution < 1.29 is 9.90 Å². The maximum atomic E-state index is 11.5. The minimum absolute atomic E-state index is 0.122. The average molecular weight is 226 g/mol. The summed E-state index contributed by atoms with van der Waals surface area (Å²) in [5.41, 5.74) is -0.658. The summed E-state index contributed by atoms with van der Waals surface area (Å²) < 4.78 is 0. The molecule has 2 rings (SSSR count). The van der Waals surface area contributed by atoms with Gasteiger partial charge < -0.3 is 15.7 Å². The van der Waals surface area contributed by atoms with E-state index >= 15 is 0 Å². The molecule has 0 aliphatic heterocycles. The lowest BCUT2D eigenvalue weighted by molar-refractivity contribution is 0.00705. The molecule has 16 heavy (non-hydrogen) atoms. The Morgan fingerprint density at radius 3 is 2.44 bits per heavy atom. The van der Waals surface area contributed by atoms with Crippen molar-refractivity contribution in [3.8, 4) is 0 Å². The molecule has 0 heterocycles. The van der Waals surface area contributed by atoms with E-state index in [0.29, 0.717) is 12.6 Å². The van der Waals surface area contributed by atoms with E-state index < -0.39 is 5.60 Å². The summed E-state index contributed by atoms with van der Waals surface area (Å²) in [6.45, 7) is 0.394. The van der Waals surface area contributed by atoms with Crippen molar-refractivity contribution in [3.63, 3.8) is 0 Å². The highest BCUT2D eigenvalue weighted by molar-refractivity contribution is 5.74. The van der Waals surface area contributed by atoms with E-state index in [0.717, 1.165) is 38.5 Å². The molecule has 2 aliphatic carbocycles. The first kappa shape index (κ1) is 11.7. The van der Waals surface area contributed by atoms with Gasteiger partial charge in [-0.1, -0.05) is 19.3 Å². The smallest absolute Gasteiger partial charge is 0.315 e. The summed E-state index contributed by atoms with van der Waals surface area (Å²) in [4.78, 5) is 11.5. The quantitative estimate of drug-likeness (QED) is 0.683. The zero-order valence-electron chi connectivity index (χ0n) is 9.80. The van der Waals surface area contributed by atoms with Gasteiger partial charge in [-0.2, -0.15) is 0 Å². The van der Waals surface area contributed by atoms with Crippen molar-refractivity contribution in [2.24, 2.45) is 0 Å². The Balaban J connectivity index is 1.66. The summed E-state index contributed by atoms with van der Waals surface area (Å²) in [5, 5.41) is 15.9. The summed E-state index contributed by atoms with van der Waals surface area (Å²) in [6.07, 6.45) is 8.39. The van der Waals surface area contributed by atoms with Crippen LogP contribution in [0.5, 0.6) is 0 Å². The molecule has 2 fully saturated rings. The van der Waals surface area contributed by atoms with Crippen LogP contribution in [0.1, 0.15) is 51.4 Å². The second kappa shape index (κ2) is 5.04. The van der Waals surface area contributed by atoms with Crippen molar-refractivity contribution in [1.29, 1.82) is 0 Å². The summed E-state index contributed by atoms with van der Waals surface area (Å²) in [6, 6.07) is 0.240. The third kappa shape index (κ3) is 3.11. The first-order valence-corrected chi connectivity index (χ1v) is 6.45. The molecule has 4 nitrogen and oxygen atoms in total. The van der Waals surface area contributed by atoms with Crippen LogP contribution in [-0.2, 0) is 0 Å². The van der Waals surface area contributed by atoms with Gasteiger partial charge in [0, 0.05) is 12.6 Å². The van der Waals surface area contributed by atoms with Gasteiger partial charge in [0.25, 0.3) is 0 Å². The Morgan fingerprint density at radius 2 is 1.88 bits per heavy atom. The van der Waals surface area contributed by atoms with Crippen molar-refractivity contribution in [1.82, 2.24) is 10.6 Å². The van der Waals surface area contributed by atoms with Crippen molar-refractivity contribution in [2.75, 3.05) is 6.54 Å². The molecule has 2 saturated carbocycles. The van der Waals surface area contributed by atoms with Crippen LogP contribution >= 0.6 is 0 Å². The molecule has 2 amide bonds. The van der Waals surface area contributed by atoms with Gasteiger partial charge in [-0.05, 0) is 32.1 Å². The Hall–Kier alpha value is -0.770. The molecule has 2 aliphatic rings. The maximum Gasteiger partial charge on any atom is 0.315 e. The van der Waals surface area contributed by atoms with Crippen LogP contribution in [0.2, 0.25) is 0 Å². The predicted molar refractivity (Wildman–Crippen MR) is 62.2 cm³/mol. The largest absolute Gasteiger partial charge is 0.388 e. The lowest BCUT2D eigenvalue weighted by Crippen LogP contribution is -2.50. The molecule has 0 unspecified atom stereocenters. The Bertz CT molecular complexity index is 245. The predicted octanol–water partition coefficient (Wildman–Crippen LogP) is 1.53. The summed E-state index contributed by atoms with van der Waals surface area (Å²) in [7, 11) is 0. The zero-order chi connectivity index (χ0) is 11.4. The van der Waals surface area contributed by atoms with Gasteiger partial charge in [-0.3, -0.25) is 0 Å². The normalized spacial score (nSPS) is 24.6. The summed E-state index contributed by atoms with van der Waals surface area (Å²) in [5.74, 6) is 0. The lowest BCUT2D eigenvalue weighted by Gasteiger charge is -2.33. The first-order valence-electron chi connectivity index (χ1n) is 6.45. The second-order valence-electron chi connectivity index (χ2n) is 5.24. The monoisotopic (exact) mass is 226 g/mol. The number of aliphatic hydroxyl groups is 1. The van der Waals surface area contributed by atoms with Crippen molar-refractivity contribution in [3.05, 3.63) is 0 Å². The zero-order valence-corrected chi connectivity index (χ0v) is 9.80. The van der Waals surface area contributed by atoms with Crippen LogP contribution in [-0.4, -0.2) is 29.3 Å². The van der Waals surface area contributed by atoms with Gasteiger partial charge in [0.2, 0.25) is 0 Å². The van der Waals surface area contributed by atoms with Gasteiger partial charge in [0.05, 0.1) is 5.60 Å². The number of carbonyl (C=O) groups is 1. The molecule has 0 aromatic rings. The van der Waals surface area contributed by atoms with Gasteiger partial charge in [-0.15, -0.1) is 0 Å². The fraction of sp³-hybridized carbons (Fsp3) is 0.917. The van der Waals surface area contributed by atoms with E-state index in [2.05, 4.69) is 10.6 Å². The molecule has 0 bridgehead atoms. The Kier molecular flexibility index (Phi) is 3.69. The average Bonchev–Trinajstić information content (AvgIpc) is 2.22. The highest BCUT2D eigenvalue weighted by Gasteiger charge is 2.29. The fourth-order valence-corrected chi connectivity index (χ4v) is 2.42. The lowest BCUT2D eigenvalue weighted by atomic mass is 9.85. The minimum Gasteiger partial charge on any atom is -0.388 e. The molecule has 0 radical (unpaired) electrons. The van der Waals surface area contributed by atoms with E-state index in [4.69, 9.17) is 0 Å². The van der Waals surface area contributed by atoms with E-state index in [1.54, 1.807) is 0 Å². The maximum absolute atomic E-state index is 11.5. The van der Waals surface area contributed by atoms with Crippen LogP contribution < -0.4 is 10.6 Å². The SMILES string of the molecule is O=C(NCC1(O)CCCCC1)NC1CCC1. The number of hydrogen-bond acceptors (Lipinski definition) is 2. The molecule has 0 aromatic heterocycles. The van der Waals surface area contributed by atoms with E-state index in [9.17, 15) is 9.90 Å². The number of nitrogens with one attached hydrogen (secondary N) is 2. The number of amides is 2. The van der Waals surface area contributed by atoms with Gasteiger partial charge in [-0.25, -0.2) is 4.79 Å². The van der Waals surface area contributed by atoms with Crippen LogP contribution in [0.25, 0.3) is 0 Å². The third-order valence-electron chi connectivity index (χ3n) is 3.80. The van der Waals surface area contributed by atoms with Gasteiger partial charge in [0.1, 0.15) is 0 Å². The fourth-order valence-electron chi connectivity index (χ4n) is 2.42. The second-order valence-corrected chi connectivity index (χ2v) is 5.24. The highest BCUT2D eigenvalue weighted by atomic mass is 16.3. The molecule has 0 spiro atoms. The van der Waals surface area contributed by atoms with Crippen LogP contribution in [0.3, 0.4) is 0 Å². The first-order chi connectivity index (χ1) is 7.68. The van der Waals surface area contributed by atoms with E-state index in [1.807, 2.05) is 0 Å². The standard InChI is InChI=1S/C12H22N2O2/c15-11(14-10-5-4-6-10)13-9-12(16)7-2-1-3-8-12/h10,16H,1-9H2,(H2,13,14,15). The molecule has 0 atom stereocenters. The molecule has 92 valence electrons. The number of hydrogen-bond donors (Lipinski definition) is 3. The highest BCUT2D eigenvalue weighted by Crippen LogP contribution is 2.27. The van der Waals surface area contributed by atoms with Gasteiger partial charge >= 0.3 is 6.03 Å². The minimum atomic E-state index is -0.658. The van der Waals surface area contributed by atoms with Crippen LogP contribution in [0.15, 0.2) is 0 Å². The molecule has 0 aromatic carbocycles. The number of urea groups is 1. The molecule has 4 heteroatoms. The topological polar surface area (TPSA) is 61.4 Å². The number of carbonyl (C=O) groups excluding carboxylic acids is 1. The Morgan fingerprint density at radius 1 is 1.19 bits per heavy atom. The molecular weight excluding hydrogens is 204 g/mol. The Labute approximate surface area is 96.8 Å². The van der Waals surface area contributed by atoms with E-state index in [1.165, 1.54) is 12.8 Å². The molecule has 0 saturated heterocycles. The number of rotatable bonds is 3. The van der Waals surface area contributed by atoms with Crippen molar-refractivity contribution in [2.45, 2.75) is 63.0 Å². The van der Waals surface area contributed by atoms with E-state index in [-0.39, 0.29) is 6.03 Å². The summed E-state index contributed by atoms with van der Waals surface area (Å²) >= 11 is 0. The third-order valence-corrected chi connectivity index (χ3v) is 3.80. The molecular formula is C12H22N2O2. The van der Waals surface area contributed by atoms with Crippen molar-refractivity contribution >= 4 is 6.03 Å².